The highest BCUT2D eigenvalue weighted by Crippen LogP contribution is 2.24. The molecule has 0 saturated heterocycles. The minimum absolute atomic E-state index is 0.132. The number of carbonyl (C=O) groups excluding carboxylic acids is 2. The summed E-state index contributed by atoms with van der Waals surface area (Å²) >= 11 is 13.4. The Morgan fingerprint density at radius 1 is 1.09 bits per heavy atom. The number of halogens is 2. The van der Waals surface area contributed by atoms with Crippen LogP contribution in [-0.4, -0.2) is 17.6 Å². The van der Waals surface area contributed by atoms with E-state index in [0.717, 1.165) is 5.56 Å². The summed E-state index contributed by atoms with van der Waals surface area (Å²) in [6.45, 7) is 0. The van der Waals surface area contributed by atoms with Gasteiger partial charge in [0.25, 0.3) is 0 Å². The van der Waals surface area contributed by atoms with Gasteiger partial charge in [-0.3, -0.25) is 9.59 Å². The Bertz CT molecular complexity index is 721. The summed E-state index contributed by atoms with van der Waals surface area (Å²) in [6.07, 6.45) is 0. The highest BCUT2D eigenvalue weighted by molar-refractivity contribution is 7.99. The van der Waals surface area contributed by atoms with Gasteiger partial charge in [-0.05, 0) is 42.0 Å². The molecular weight excluding hydrogens is 355 g/mol. The second-order valence-electron chi connectivity index (χ2n) is 4.72. The van der Waals surface area contributed by atoms with Crippen LogP contribution in [0.1, 0.15) is 15.9 Å². The number of nitrogens with two attached hydrogens (primary N) is 1. The fourth-order valence-corrected chi connectivity index (χ4v) is 3.19. The lowest BCUT2D eigenvalue weighted by Crippen LogP contribution is -2.15. The van der Waals surface area contributed by atoms with Gasteiger partial charge in [0.2, 0.25) is 11.8 Å². The van der Waals surface area contributed by atoms with Crippen LogP contribution in [0.2, 0.25) is 10.0 Å². The zero-order chi connectivity index (χ0) is 16.8. The third-order valence-electron chi connectivity index (χ3n) is 2.96. The fourth-order valence-electron chi connectivity index (χ4n) is 1.81. The number of carbonyl (C=O) groups is 2. The summed E-state index contributed by atoms with van der Waals surface area (Å²) in [7, 11) is 0. The molecule has 0 aliphatic carbocycles. The molecule has 120 valence electrons. The van der Waals surface area contributed by atoms with Crippen LogP contribution >= 0.6 is 35.0 Å². The van der Waals surface area contributed by atoms with Crippen molar-refractivity contribution in [2.75, 3.05) is 11.1 Å². The van der Waals surface area contributed by atoms with Gasteiger partial charge >= 0.3 is 0 Å². The van der Waals surface area contributed by atoms with Crippen LogP contribution in [0, 0.1) is 0 Å². The minimum atomic E-state index is -0.502. The first kappa shape index (κ1) is 17.7. The van der Waals surface area contributed by atoms with Gasteiger partial charge in [0.1, 0.15) is 0 Å². The van der Waals surface area contributed by atoms with Gasteiger partial charge in [0.05, 0.1) is 5.75 Å². The molecule has 0 aliphatic heterocycles. The van der Waals surface area contributed by atoms with Gasteiger partial charge in [-0.25, -0.2) is 0 Å². The number of hydrogen-bond donors (Lipinski definition) is 2. The monoisotopic (exact) mass is 368 g/mol. The quantitative estimate of drug-likeness (QED) is 0.810. The van der Waals surface area contributed by atoms with E-state index in [1.165, 1.54) is 11.8 Å². The molecule has 4 nitrogen and oxygen atoms in total. The lowest BCUT2D eigenvalue weighted by atomic mass is 10.2. The molecule has 0 atom stereocenters. The lowest BCUT2D eigenvalue weighted by Gasteiger charge is -2.07. The number of primary amides is 1. The fraction of sp³-hybridized carbons (Fsp3) is 0.125. The minimum Gasteiger partial charge on any atom is -0.366 e. The Morgan fingerprint density at radius 2 is 1.78 bits per heavy atom. The molecule has 0 aromatic heterocycles. The average Bonchev–Trinajstić information content (AvgIpc) is 2.50. The van der Waals surface area contributed by atoms with Gasteiger partial charge in [0.15, 0.2) is 0 Å². The van der Waals surface area contributed by atoms with Crippen LogP contribution in [0.25, 0.3) is 0 Å². The highest BCUT2D eigenvalue weighted by Gasteiger charge is 2.06. The number of anilines is 1. The molecule has 0 radical (unpaired) electrons. The van der Waals surface area contributed by atoms with Crippen LogP contribution in [0.5, 0.6) is 0 Å². The number of amides is 2. The van der Waals surface area contributed by atoms with Crippen molar-refractivity contribution in [2.45, 2.75) is 5.75 Å². The molecular formula is C16H14Cl2N2O2S. The summed E-state index contributed by atoms with van der Waals surface area (Å²) in [5, 5.41) is 3.93. The molecule has 23 heavy (non-hydrogen) atoms. The Hall–Kier alpha value is -1.69. The molecule has 0 spiro atoms. The van der Waals surface area contributed by atoms with Gasteiger partial charge < -0.3 is 11.1 Å². The van der Waals surface area contributed by atoms with E-state index < -0.39 is 5.91 Å². The summed E-state index contributed by atoms with van der Waals surface area (Å²) in [6, 6.07) is 11.7. The standard InChI is InChI=1S/C16H14Cl2N2O2S/c17-12-4-1-11(14(18)7-12)8-23-9-15(21)20-13-5-2-10(3-6-13)16(19)22/h1-7H,8-9H2,(H2,19,22)(H,20,21). The highest BCUT2D eigenvalue weighted by atomic mass is 35.5. The normalized spacial score (nSPS) is 10.3. The van der Waals surface area contributed by atoms with Crippen LogP contribution in [0.3, 0.4) is 0 Å². The Labute approximate surface area is 148 Å². The predicted octanol–water partition coefficient (Wildman–Crippen LogP) is 3.96. The first-order chi connectivity index (χ1) is 11.0. The van der Waals surface area contributed by atoms with E-state index in [1.54, 1.807) is 36.4 Å². The molecule has 3 N–H and O–H groups in total. The third-order valence-corrected chi connectivity index (χ3v) is 4.53. The second kappa shape index (κ2) is 8.24. The molecule has 0 saturated carbocycles. The maximum absolute atomic E-state index is 11.9. The van der Waals surface area contributed by atoms with Crippen LogP contribution in [0.15, 0.2) is 42.5 Å². The first-order valence-electron chi connectivity index (χ1n) is 6.67. The Morgan fingerprint density at radius 3 is 2.39 bits per heavy atom. The van der Waals surface area contributed by atoms with E-state index in [4.69, 9.17) is 28.9 Å². The van der Waals surface area contributed by atoms with E-state index in [-0.39, 0.29) is 11.7 Å². The van der Waals surface area contributed by atoms with Crippen LogP contribution in [-0.2, 0) is 10.5 Å². The molecule has 2 aromatic rings. The van der Waals surface area contributed by atoms with Crippen molar-refractivity contribution >= 4 is 52.5 Å². The summed E-state index contributed by atoms with van der Waals surface area (Å²) in [4.78, 5) is 22.9. The number of hydrogen-bond acceptors (Lipinski definition) is 3. The van der Waals surface area contributed by atoms with Crippen molar-refractivity contribution in [3.8, 4) is 0 Å². The predicted molar refractivity (Wildman–Crippen MR) is 96.2 cm³/mol. The zero-order valence-corrected chi connectivity index (χ0v) is 14.3. The molecule has 0 bridgehead atoms. The Kier molecular flexibility index (Phi) is 6.33. The van der Waals surface area contributed by atoms with E-state index in [9.17, 15) is 9.59 Å². The van der Waals surface area contributed by atoms with Gasteiger partial charge in [-0.15, -0.1) is 11.8 Å². The van der Waals surface area contributed by atoms with Crippen molar-refractivity contribution in [3.05, 3.63) is 63.6 Å². The van der Waals surface area contributed by atoms with E-state index in [2.05, 4.69) is 5.32 Å². The summed E-state index contributed by atoms with van der Waals surface area (Å²) < 4.78 is 0. The van der Waals surface area contributed by atoms with E-state index in [0.29, 0.717) is 27.0 Å². The Balaban J connectivity index is 1.82. The average molecular weight is 369 g/mol. The maximum atomic E-state index is 11.9. The second-order valence-corrected chi connectivity index (χ2v) is 6.55. The number of thioether (sulfide) groups is 1. The molecule has 0 unspecified atom stereocenters. The molecule has 0 fully saturated rings. The summed E-state index contributed by atoms with van der Waals surface area (Å²) in [5.74, 6) is 0.269. The smallest absolute Gasteiger partial charge is 0.248 e. The number of rotatable bonds is 6. The van der Waals surface area contributed by atoms with Crippen LogP contribution < -0.4 is 11.1 Å². The van der Waals surface area contributed by atoms with Gasteiger partial charge in [-0.2, -0.15) is 0 Å². The van der Waals surface area contributed by atoms with E-state index in [1.807, 2.05) is 6.07 Å². The molecule has 7 heteroatoms. The van der Waals surface area contributed by atoms with Crippen LogP contribution in [0.4, 0.5) is 5.69 Å². The van der Waals surface area contributed by atoms with Crippen molar-refractivity contribution in [1.82, 2.24) is 0 Å². The van der Waals surface area contributed by atoms with Crippen molar-refractivity contribution in [1.29, 1.82) is 0 Å². The topological polar surface area (TPSA) is 72.2 Å². The molecule has 2 aromatic carbocycles. The first-order valence-corrected chi connectivity index (χ1v) is 8.58. The van der Waals surface area contributed by atoms with Gasteiger partial charge in [0, 0.05) is 27.0 Å². The molecule has 2 amide bonds. The maximum Gasteiger partial charge on any atom is 0.248 e. The number of nitrogens with one attached hydrogen (secondary N) is 1. The lowest BCUT2D eigenvalue weighted by molar-refractivity contribution is -0.113. The van der Waals surface area contributed by atoms with E-state index >= 15 is 0 Å². The third kappa shape index (κ3) is 5.46. The van der Waals surface area contributed by atoms with Crippen molar-refractivity contribution in [3.63, 3.8) is 0 Å². The van der Waals surface area contributed by atoms with Crippen molar-refractivity contribution in [2.24, 2.45) is 5.73 Å². The largest absolute Gasteiger partial charge is 0.366 e. The van der Waals surface area contributed by atoms with Gasteiger partial charge in [-0.1, -0.05) is 29.3 Å². The zero-order valence-electron chi connectivity index (χ0n) is 12.0. The molecule has 2 rings (SSSR count). The van der Waals surface area contributed by atoms with Crippen molar-refractivity contribution < 1.29 is 9.59 Å². The molecule has 0 heterocycles. The number of benzene rings is 2. The molecule has 0 aliphatic rings. The summed E-state index contributed by atoms with van der Waals surface area (Å²) in [5.41, 5.74) is 7.10. The SMILES string of the molecule is NC(=O)c1ccc(NC(=O)CSCc2ccc(Cl)cc2Cl)cc1.